The minimum atomic E-state index is -0.235. The maximum absolute atomic E-state index is 12.1. The average molecular weight is 281 g/mol. The maximum atomic E-state index is 12.1. The third-order valence-corrected chi connectivity index (χ3v) is 3.97. The smallest absolute Gasteiger partial charge is 0.251 e. The molecule has 104 valence electrons. The first-order valence-corrected chi connectivity index (χ1v) is 7.21. The number of hydrogen-bond acceptors (Lipinski definition) is 2. The molecule has 1 fully saturated rings. The van der Waals surface area contributed by atoms with Crippen molar-refractivity contribution in [3.8, 4) is 0 Å². The molecule has 3 nitrogen and oxygen atoms in total. The third kappa shape index (κ3) is 3.95. The Morgan fingerprint density at radius 1 is 1.32 bits per heavy atom. The summed E-state index contributed by atoms with van der Waals surface area (Å²) in [6, 6.07) is 5.36. The van der Waals surface area contributed by atoms with E-state index in [-0.39, 0.29) is 11.4 Å². The molecule has 0 spiro atoms. The molecule has 2 rings (SSSR count). The second-order valence-electron chi connectivity index (χ2n) is 5.62. The fourth-order valence-electron chi connectivity index (χ4n) is 2.66. The summed E-state index contributed by atoms with van der Waals surface area (Å²) in [5.74, 6) is -0.0963. The van der Waals surface area contributed by atoms with Crippen molar-refractivity contribution in [2.24, 2.45) is 5.73 Å². The molecule has 0 radical (unpaired) electrons. The van der Waals surface area contributed by atoms with Crippen molar-refractivity contribution in [2.45, 2.75) is 44.6 Å². The van der Waals surface area contributed by atoms with E-state index in [1.807, 2.05) is 19.1 Å². The van der Waals surface area contributed by atoms with Crippen LogP contribution in [0.2, 0.25) is 5.02 Å². The summed E-state index contributed by atoms with van der Waals surface area (Å²) < 4.78 is 0. The van der Waals surface area contributed by atoms with E-state index in [1.54, 1.807) is 6.07 Å². The van der Waals surface area contributed by atoms with Gasteiger partial charge in [0, 0.05) is 22.7 Å². The van der Waals surface area contributed by atoms with Gasteiger partial charge in [-0.2, -0.15) is 0 Å². The zero-order valence-electron chi connectivity index (χ0n) is 11.3. The first kappa shape index (κ1) is 14.4. The molecule has 0 heterocycles. The molecule has 1 aromatic carbocycles. The molecule has 0 aliphatic heterocycles. The van der Waals surface area contributed by atoms with Crippen LogP contribution < -0.4 is 11.1 Å². The zero-order valence-corrected chi connectivity index (χ0v) is 12.1. The SMILES string of the molecule is Cc1cc(Cl)cc(C(=O)NCC2(N)CCCCC2)c1. The van der Waals surface area contributed by atoms with Crippen LogP contribution in [0, 0.1) is 6.92 Å². The van der Waals surface area contributed by atoms with E-state index < -0.39 is 0 Å². The summed E-state index contributed by atoms with van der Waals surface area (Å²) in [7, 11) is 0. The molecule has 1 saturated carbocycles. The number of hydrogen-bond donors (Lipinski definition) is 2. The normalized spacial score (nSPS) is 18.1. The van der Waals surface area contributed by atoms with Gasteiger partial charge in [-0.05, 0) is 43.5 Å². The van der Waals surface area contributed by atoms with E-state index in [0.717, 1.165) is 31.2 Å². The first-order chi connectivity index (χ1) is 8.98. The highest BCUT2D eigenvalue weighted by Crippen LogP contribution is 2.25. The van der Waals surface area contributed by atoms with Crippen molar-refractivity contribution >= 4 is 17.5 Å². The Balaban J connectivity index is 1.97. The Morgan fingerprint density at radius 3 is 2.63 bits per heavy atom. The van der Waals surface area contributed by atoms with E-state index in [1.165, 1.54) is 6.42 Å². The molecule has 0 unspecified atom stereocenters. The topological polar surface area (TPSA) is 55.1 Å². The number of carbonyl (C=O) groups excluding carboxylic acids is 1. The molecule has 0 aromatic heterocycles. The number of nitrogens with two attached hydrogens (primary N) is 1. The van der Waals surface area contributed by atoms with Crippen LogP contribution in [0.1, 0.15) is 48.0 Å². The molecule has 3 N–H and O–H groups in total. The number of carbonyl (C=O) groups is 1. The summed E-state index contributed by atoms with van der Waals surface area (Å²) in [6.07, 6.45) is 5.54. The highest BCUT2D eigenvalue weighted by Gasteiger charge is 2.27. The fourth-order valence-corrected chi connectivity index (χ4v) is 2.95. The van der Waals surface area contributed by atoms with Gasteiger partial charge >= 0.3 is 0 Å². The molecule has 0 saturated heterocycles. The number of nitrogens with one attached hydrogen (secondary N) is 1. The molecule has 1 aromatic rings. The number of benzene rings is 1. The predicted octanol–water partition coefficient (Wildman–Crippen LogP) is 3.04. The van der Waals surface area contributed by atoms with E-state index >= 15 is 0 Å². The predicted molar refractivity (Wildman–Crippen MR) is 78.5 cm³/mol. The molecule has 19 heavy (non-hydrogen) atoms. The Kier molecular flexibility index (Phi) is 4.48. The molecule has 1 amide bonds. The molecule has 1 aliphatic rings. The lowest BCUT2D eigenvalue weighted by molar-refractivity contribution is 0.0937. The quantitative estimate of drug-likeness (QED) is 0.894. The van der Waals surface area contributed by atoms with Gasteiger partial charge in [-0.1, -0.05) is 30.9 Å². The van der Waals surface area contributed by atoms with Crippen LogP contribution in [-0.4, -0.2) is 18.0 Å². The van der Waals surface area contributed by atoms with Gasteiger partial charge in [-0.25, -0.2) is 0 Å². The zero-order chi connectivity index (χ0) is 13.9. The minimum absolute atomic E-state index is 0.0963. The number of halogens is 1. The fraction of sp³-hybridized carbons (Fsp3) is 0.533. The van der Waals surface area contributed by atoms with Crippen molar-refractivity contribution in [3.63, 3.8) is 0 Å². The van der Waals surface area contributed by atoms with Crippen LogP contribution in [0.5, 0.6) is 0 Å². The largest absolute Gasteiger partial charge is 0.350 e. The summed E-state index contributed by atoms with van der Waals surface area (Å²) in [6.45, 7) is 2.46. The second-order valence-corrected chi connectivity index (χ2v) is 6.06. The number of aryl methyl sites for hydroxylation is 1. The average Bonchev–Trinajstić information content (AvgIpc) is 2.36. The van der Waals surface area contributed by atoms with Crippen LogP contribution in [0.4, 0.5) is 0 Å². The highest BCUT2D eigenvalue weighted by molar-refractivity contribution is 6.31. The Morgan fingerprint density at radius 2 is 2.00 bits per heavy atom. The lowest BCUT2D eigenvalue weighted by Gasteiger charge is -2.33. The minimum Gasteiger partial charge on any atom is -0.350 e. The standard InChI is InChI=1S/C15H21ClN2O/c1-11-7-12(9-13(16)8-11)14(19)18-10-15(17)5-3-2-4-6-15/h7-9H,2-6,10,17H2,1H3,(H,18,19). The Labute approximate surface area is 119 Å². The van der Waals surface area contributed by atoms with Gasteiger partial charge in [0.1, 0.15) is 0 Å². The molecule has 1 aliphatic carbocycles. The summed E-state index contributed by atoms with van der Waals surface area (Å²) in [5.41, 5.74) is 7.66. The number of rotatable bonds is 3. The molecular weight excluding hydrogens is 260 g/mol. The van der Waals surface area contributed by atoms with Crippen molar-refractivity contribution in [1.29, 1.82) is 0 Å². The van der Waals surface area contributed by atoms with Gasteiger partial charge < -0.3 is 11.1 Å². The van der Waals surface area contributed by atoms with Gasteiger partial charge in [0.25, 0.3) is 5.91 Å². The third-order valence-electron chi connectivity index (χ3n) is 3.75. The lowest BCUT2D eigenvalue weighted by atomic mass is 9.82. The summed E-state index contributed by atoms with van der Waals surface area (Å²) in [4.78, 5) is 12.1. The van der Waals surface area contributed by atoms with Crippen LogP contribution in [0.15, 0.2) is 18.2 Å². The summed E-state index contributed by atoms with van der Waals surface area (Å²) in [5, 5.41) is 3.53. The van der Waals surface area contributed by atoms with Crippen LogP contribution in [-0.2, 0) is 0 Å². The second kappa shape index (κ2) is 5.93. The van der Waals surface area contributed by atoms with Crippen molar-refractivity contribution < 1.29 is 4.79 Å². The van der Waals surface area contributed by atoms with E-state index in [9.17, 15) is 4.79 Å². The molecule has 0 atom stereocenters. The Bertz CT molecular complexity index is 447. The van der Waals surface area contributed by atoms with Gasteiger partial charge in [-0.3, -0.25) is 4.79 Å². The van der Waals surface area contributed by atoms with Crippen molar-refractivity contribution in [1.82, 2.24) is 5.32 Å². The molecule has 4 heteroatoms. The van der Waals surface area contributed by atoms with Gasteiger partial charge in [0.2, 0.25) is 0 Å². The van der Waals surface area contributed by atoms with Gasteiger partial charge in [0.05, 0.1) is 0 Å². The first-order valence-electron chi connectivity index (χ1n) is 6.83. The van der Waals surface area contributed by atoms with Crippen LogP contribution >= 0.6 is 11.6 Å². The highest BCUT2D eigenvalue weighted by atomic mass is 35.5. The van der Waals surface area contributed by atoms with Gasteiger partial charge in [0.15, 0.2) is 0 Å². The van der Waals surface area contributed by atoms with Crippen molar-refractivity contribution in [2.75, 3.05) is 6.54 Å². The van der Waals surface area contributed by atoms with Gasteiger partial charge in [-0.15, -0.1) is 0 Å². The van der Waals surface area contributed by atoms with E-state index in [2.05, 4.69) is 5.32 Å². The van der Waals surface area contributed by atoms with E-state index in [0.29, 0.717) is 17.1 Å². The molecule has 0 bridgehead atoms. The molecular formula is C15H21ClN2O. The number of amides is 1. The monoisotopic (exact) mass is 280 g/mol. The Hall–Kier alpha value is -1.06. The van der Waals surface area contributed by atoms with Crippen molar-refractivity contribution in [3.05, 3.63) is 34.3 Å². The van der Waals surface area contributed by atoms with Crippen LogP contribution in [0.3, 0.4) is 0 Å². The van der Waals surface area contributed by atoms with Crippen LogP contribution in [0.25, 0.3) is 0 Å². The summed E-state index contributed by atoms with van der Waals surface area (Å²) >= 11 is 5.97. The maximum Gasteiger partial charge on any atom is 0.251 e. The lowest BCUT2D eigenvalue weighted by Crippen LogP contribution is -2.51. The van der Waals surface area contributed by atoms with E-state index in [4.69, 9.17) is 17.3 Å².